The highest BCUT2D eigenvalue weighted by Gasteiger charge is 2.44. The van der Waals surface area contributed by atoms with Gasteiger partial charge in [0.1, 0.15) is 12.3 Å². The van der Waals surface area contributed by atoms with Gasteiger partial charge in [0.2, 0.25) is 0 Å². The second-order valence-electron chi connectivity index (χ2n) is 4.38. The van der Waals surface area contributed by atoms with Crippen LogP contribution in [0.5, 0.6) is 0 Å². The predicted molar refractivity (Wildman–Crippen MR) is 59.4 cm³/mol. The van der Waals surface area contributed by atoms with Crippen molar-refractivity contribution in [2.45, 2.75) is 31.2 Å². The zero-order chi connectivity index (χ0) is 11.0. The summed E-state index contributed by atoms with van der Waals surface area (Å²) < 4.78 is 5.75. The van der Waals surface area contributed by atoms with Crippen LogP contribution in [0.25, 0.3) is 0 Å². The molecule has 0 amide bonds. The van der Waals surface area contributed by atoms with Gasteiger partial charge in [0.15, 0.2) is 0 Å². The second-order valence-corrected chi connectivity index (χ2v) is 4.38. The number of hydrogen-bond acceptors (Lipinski definition) is 3. The average Bonchev–Trinajstić information content (AvgIpc) is 2.90. The lowest BCUT2D eigenvalue weighted by molar-refractivity contribution is 0.0526. The van der Waals surface area contributed by atoms with Crippen LogP contribution in [0.4, 0.5) is 0 Å². The van der Waals surface area contributed by atoms with E-state index in [0.717, 1.165) is 12.8 Å². The van der Waals surface area contributed by atoms with Crippen molar-refractivity contribution in [3.63, 3.8) is 0 Å². The molecule has 2 aliphatic rings. The maximum Gasteiger partial charge on any atom is 0.112 e. The lowest BCUT2D eigenvalue weighted by Gasteiger charge is -2.24. The largest absolute Gasteiger partial charge is 0.361 e. The van der Waals surface area contributed by atoms with Gasteiger partial charge in [-0.3, -0.25) is 4.90 Å². The molecule has 0 aliphatic carbocycles. The Balaban J connectivity index is 1.90. The second kappa shape index (κ2) is 3.89. The van der Waals surface area contributed by atoms with Crippen LogP contribution >= 0.6 is 0 Å². The molecule has 0 N–H and O–H groups in total. The maximum atomic E-state index is 9.13. The van der Waals surface area contributed by atoms with Gasteiger partial charge in [-0.15, -0.1) is 0 Å². The van der Waals surface area contributed by atoms with Crippen LogP contribution in [0.15, 0.2) is 30.3 Å². The van der Waals surface area contributed by atoms with Crippen molar-refractivity contribution >= 4 is 0 Å². The Morgan fingerprint density at radius 3 is 2.81 bits per heavy atom. The monoisotopic (exact) mass is 214 g/mol. The Kier molecular flexibility index (Phi) is 2.39. The summed E-state index contributed by atoms with van der Waals surface area (Å²) in [6.07, 6.45) is 2.08. The number of hydrogen-bond donors (Lipinski definition) is 0. The fourth-order valence-electron chi connectivity index (χ4n) is 2.75. The number of ether oxygens (including phenoxy) is 1. The van der Waals surface area contributed by atoms with Crippen LogP contribution in [-0.4, -0.2) is 23.8 Å². The van der Waals surface area contributed by atoms with Gasteiger partial charge >= 0.3 is 0 Å². The molecule has 0 spiro atoms. The molecule has 0 bridgehead atoms. The summed E-state index contributed by atoms with van der Waals surface area (Å²) in [7, 11) is 0. The summed E-state index contributed by atoms with van der Waals surface area (Å²) in [6.45, 7) is 0.715. The molecule has 3 nitrogen and oxygen atoms in total. The van der Waals surface area contributed by atoms with Gasteiger partial charge in [-0.2, -0.15) is 5.26 Å². The van der Waals surface area contributed by atoms with Gasteiger partial charge in [0.05, 0.1) is 18.7 Å². The van der Waals surface area contributed by atoms with Crippen molar-refractivity contribution < 1.29 is 4.74 Å². The Labute approximate surface area is 95.2 Å². The Bertz CT molecular complexity index is 412. The molecule has 2 fully saturated rings. The third-order valence-electron chi connectivity index (χ3n) is 3.52. The molecule has 1 aromatic carbocycles. The summed E-state index contributed by atoms with van der Waals surface area (Å²) >= 11 is 0. The average molecular weight is 214 g/mol. The van der Waals surface area contributed by atoms with Gasteiger partial charge in [0.25, 0.3) is 0 Å². The summed E-state index contributed by atoms with van der Waals surface area (Å²) in [5.41, 5.74) is 1.26. The van der Waals surface area contributed by atoms with Crippen LogP contribution in [0.3, 0.4) is 0 Å². The predicted octanol–water partition coefficient (Wildman–Crippen LogP) is 2.07. The molecular formula is C13H14N2O. The van der Waals surface area contributed by atoms with E-state index in [-0.39, 0.29) is 18.3 Å². The molecule has 16 heavy (non-hydrogen) atoms. The first-order chi connectivity index (χ1) is 7.90. The molecule has 0 radical (unpaired) electrons. The van der Waals surface area contributed by atoms with Crippen molar-refractivity contribution in [3.05, 3.63) is 35.9 Å². The van der Waals surface area contributed by atoms with E-state index in [1.807, 2.05) is 18.2 Å². The van der Waals surface area contributed by atoms with Gasteiger partial charge in [-0.25, -0.2) is 0 Å². The highest BCUT2D eigenvalue weighted by Crippen LogP contribution is 2.39. The summed E-state index contributed by atoms with van der Waals surface area (Å²) in [5, 5.41) is 9.13. The van der Waals surface area contributed by atoms with Crippen molar-refractivity contribution in [1.29, 1.82) is 5.26 Å². The normalized spacial score (nSPS) is 33.6. The smallest absolute Gasteiger partial charge is 0.112 e. The molecule has 2 saturated heterocycles. The number of benzene rings is 1. The third-order valence-corrected chi connectivity index (χ3v) is 3.52. The third kappa shape index (κ3) is 1.42. The topological polar surface area (TPSA) is 36.3 Å². The molecule has 3 atom stereocenters. The summed E-state index contributed by atoms with van der Waals surface area (Å²) in [5.74, 6) is 0. The quantitative estimate of drug-likeness (QED) is 0.718. The van der Waals surface area contributed by atoms with Crippen LogP contribution < -0.4 is 0 Å². The fourth-order valence-corrected chi connectivity index (χ4v) is 2.75. The Morgan fingerprint density at radius 1 is 1.25 bits per heavy atom. The lowest BCUT2D eigenvalue weighted by atomic mass is 10.1. The van der Waals surface area contributed by atoms with Gasteiger partial charge in [-0.1, -0.05) is 30.3 Å². The summed E-state index contributed by atoms with van der Waals surface area (Å²) in [4.78, 5) is 2.23. The van der Waals surface area contributed by atoms with Crippen LogP contribution in [-0.2, 0) is 4.74 Å². The van der Waals surface area contributed by atoms with E-state index in [1.54, 1.807) is 0 Å². The number of fused-ring (bicyclic) bond motifs is 1. The molecule has 2 heterocycles. The Hall–Kier alpha value is -1.37. The molecule has 82 valence electrons. The Morgan fingerprint density at radius 2 is 2.06 bits per heavy atom. The molecule has 2 aliphatic heterocycles. The van der Waals surface area contributed by atoms with Crippen LogP contribution in [0, 0.1) is 11.3 Å². The van der Waals surface area contributed by atoms with E-state index in [1.165, 1.54) is 5.56 Å². The van der Waals surface area contributed by atoms with Crippen LogP contribution in [0.2, 0.25) is 0 Å². The first kappa shape index (κ1) is 9.83. The molecule has 0 saturated carbocycles. The highest BCUT2D eigenvalue weighted by molar-refractivity contribution is 5.22. The van der Waals surface area contributed by atoms with Crippen molar-refractivity contribution in [2.75, 3.05) is 6.61 Å². The first-order valence-corrected chi connectivity index (χ1v) is 5.74. The van der Waals surface area contributed by atoms with Gasteiger partial charge < -0.3 is 4.74 Å². The lowest BCUT2D eigenvalue weighted by Crippen LogP contribution is -2.33. The fraction of sp³-hybridized carbons (Fsp3) is 0.462. The SMILES string of the molecule is N#C[C@@H]1CC[C@@H]2OC[C@@H](c3ccccc3)N12. The minimum atomic E-state index is 0.0257. The van der Waals surface area contributed by atoms with Crippen molar-refractivity contribution in [2.24, 2.45) is 0 Å². The molecule has 3 heteroatoms. The standard InChI is InChI=1S/C13H14N2O/c14-8-11-6-7-13-15(11)12(9-16-13)10-4-2-1-3-5-10/h1-5,11-13H,6-7,9H2/t11-,12-,13-/m0/s1. The maximum absolute atomic E-state index is 9.13. The molecule has 0 unspecified atom stereocenters. The van der Waals surface area contributed by atoms with Gasteiger partial charge in [-0.05, 0) is 18.4 Å². The zero-order valence-corrected chi connectivity index (χ0v) is 9.04. The van der Waals surface area contributed by atoms with E-state index in [2.05, 4.69) is 23.1 Å². The molecular weight excluding hydrogens is 200 g/mol. The number of nitrogens with zero attached hydrogens (tertiary/aromatic N) is 2. The van der Waals surface area contributed by atoms with E-state index < -0.39 is 0 Å². The number of rotatable bonds is 1. The van der Waals surface area contributed by atoms with Crippen LogP contribution in [0.1, 0.15) is 24.4 Å². The van der Waals surface area contributed by atoms with E-state index >= 15 is 0 Å². The first-order valence-electron chi connectivity index (χ1n) is 5.74. The minimum absolute atomic E-state index is 0.0257. The van der Waals surface area contributed by atoms with E-state index in [9.17, 15) is 0 Å². The summed E-state index contributed by atoms with van der Waals surface area (Å²) in [6, 6.07) is 13.0. The molecule has 3 rings (SSSR count). The van der Waals surface area contributed by atoms with Crippen molar-refractivity contribution in [3.8, 4) is 6.07 Å². The molecule has 0 aromatic heterocycles. The van der Waals surface area contributed by atoms with E-state index in [0.29, 0.717) is 6.61 Å². The zero-order valence-electron chi connectivity index (χ0n) is 9.04. The van der Waals surface area contributed by atoms with E-state index in [4.69, 9.17) is 10.00 Å². The highest BCUT2D eigenvalue weighted by atomic mass is 16.5. The van der Waals surface area contributed by atoms with Crippen molar-refractivity contribution in [1.82, 2.24) is 4.90 Å². The molecule has 1 aromatic rings. The van der Waals surface area contributed by atoms with Gasteiger partial charge in [0, 0.05) is 0 Å². The minimum Gasteiger partial charge on any atom is -0.361 e. The number of nitriles is 1.